The van der Waals surface area contributed by atoms with Crippen LogP contribution in [-0.4, -0.2) is 65.1 Å². The van der Waals surface area contributed by atoms with E-state index < -0.39 is 28.0 Å². The van der Waals surface area contributed by atoms with Crippen LogP contribution < -0.4 is 5.32 Å². The van der Waals surface area contributed by atoms with Gasteiger partial charge in [0.15, 0.2) is 6.10 Å². The number of hydrogen-bond acceptors (Lipinski definition) is 6. The molecule has 0 aliphatic heterocycles. The number of methoxy groups -OCH3 is 1. The first-order chi connectivity index (χ1) is 11.6. The molecule has 1 aromatic rings. The second kappa shape index (κ2) is 9.14. The number of sulfonamides is 1. The van der Waals surface area contributed by atoms with Gasteiger partial charge in [-0.3, -0.25) is 4.79 Å². The molecule has 0 saturated heterocycles. The highest BCUT2D eigenvalue weighted by Gasteiger charge is 2.24. The van der Waals surface area contributed by atoms with Gasteiger partial charge in [-0.2, -0.15) is 0 Å². The quantitative estimate of drug-likeness (QED) is 0.521. The summed E-state index contributed by atoms with van der Waals surface area (Å²) in [5, 5.41) is 2.55. The molecule has 0 radical (unpaired) electrons. The SMILES string of the molecule is COCCNC(=O)[C@H](C)OC(=O)c1cc(S(=O)(=O)N(C)C)ccc1Cl. The zero-order valence-corrected chi connectivity index (χ0v) is 16.0. The fraction of sp³-hybridized carbons (Fsp3) is 0.467. The fourth-order valence-electron chi connectivity index (χ4n) is 1.73. The van der Waals surface area contributed by atoms with Crippen molar-refractivity contribution in [2.75, 3.05) is 34.4 Å². The van der Waals surface area contributed by atoms with Crippen molar-refractivity contribution in [2.45, 2.75) is 17.9 Å². The largest absolute Gasteiger partial charge is 0.449 e. The van der Waals surface area contributed by atoms with Crippen LogP contribution in [0.3, 0.4) is 0 Å². The molecule has 0 bridgehead atoms. The Morgan fingerprint density at radius 1 is 1.32 bits per heavy atom. The average Bonchev–Trinajstić information content (AvgIpc) is 2.54. The van der Waals surface area contributed by atoms with Crippen molar-refractivity contribution < 1.29 is 27.5 Å². The van der Waals surface area contributed by atoms with E-state index in [-0.39, 0.29) is 22.0 Å². The summed E-state index contributed by atoms with van der Waals surface area (Å²) in [4.78, 5) is 23.9. The normalized spacial score (nSPS) is 12.7. The van der Waals surface area contributed by atoms with Crippen LogP contribution >= 0.6 is 11.6 Å². The first-order valence-electron chi connectivity index (χ1n) is 7.31. The molecule has 10 heteroatoms. The molecule has 140 valence electrons. The molecule has 1 N–H and O–H groups in total. The van der Waals surface area contributed by atoms with E-state index in [2.05, 4.69) is 5.32 Å². The summed E-state index contributed by atoms with van der Waals surface area (Å²) in [5.74, 6) is -1.39. The first kappa shape index (κ1) is 21.4. The minimum atomic E-state index is -3.74. The molecular weight excluding hydrogens is 372 g/mol. The van der Waals surface area contributed by atoms with Gasteiger partial charge in [0.25, 0.3) is 5.91 Å². The average molecular weight is 393 g/mol. The molecule has 0 spiro atoms. The Morgan fingerprint density at radius 3 is 2.52 bits per heavy atom. The predicted octanol–water partition coefficient (Wildman–Crippen LogP) is 0.898. The van der Waals surface area contributed by atoms with Crippen LogP contribution in [0.25, 0.3) is 0 Å². The third kappa shape index (κ3) is 5.67. The molecular formula is C15H21ClN2O6S. The number of carbonyl (C=O) groups excluding carboxylic acids is 2. The van der Waals surface area contributed by atoms with Crippen molar-refractivity contribution in [3.63, 3.8) is 0 Å². The number of esters is 1. The van der Waals surface area contributed by atoms with Gasteiger partial charge in [0, 0.05) is 27.7 Å². The highest BCUT2D eigenvalue weighted by molar-refractivity contribution is 7.89. The van der Waals surface area contributed by atoms with E-state index in [9.17, 15) is 18.0 Å². The van der Waals surface area contributed by atoms with E-state index in [0.717, 1.165) is 10.4 Å². The lowest BCUT2D eigenvalue weighted by Crippen LogP contribution is -2.37. The molecule has 0 aromatic heterocycles. The predicted molar refractivity (Wildman–Crippen MR) is 92.1 cm³/mol. The standard InChI is InChI=1S/C15H21ClN2O6S/c1-10(14(19)17-7-8-23-4)24-15(20)12-9-11(5-6-13(12)16)25(21,22)18(2)3/h5-6,9-10H,7-8H2,1-4H3,(H,17,19)/t10-/m0/s1. The number of halogens is 1. The van der Waals surface area contributed by atoms with Crippen molar-refractivity contribution >= 4 is 33.5 Å². The Bertz CT molecular complexity index is 736. The number of benzene rings is 1. The molecule has 0 unspecified atom stereocenters. The van der Waals surface area contributed by atoms with E-state index in [1.165, 1.54) is 40.3 Å². The van der Waals surface area contributed by atoms with Gasteiger partial charge in [-0.25, -0.2) is 17.5 Å². The van der Waals surface area contributed by atoms with Crippen molar-refractivity contribution in [1.29, 1.82) is 0 Å². The minimum absolute atomic E-state index is 0.0229. The molecule has 1 rings (SSSR count). The monoisotopic (exact) mass is 392 g/mol. The summed E-state index contributed by atoms with van der Waals surface area (Å²) in [6, 6.07) is 3.70. The highest BCUT2D eigenvalue weighted by Crippen LogP contribution is 2.23. The van der Waals surface area contributed by atoms with Crippen LogP contribution in [-0.2, 0) is 24.3 Å². The van der Waals surface area contributed by atoms with Gasteiger partial charge in [0.05, 0.1) is 22.1 Å². The lowest BCUT2D eigenvalue weighted by Gasteiger charge is -2.15. The van der Waals surface area contributed by atoms with Gasteiger partial charge < -0.3 is 14.8 Å². The van der Waals surface area contributed by atoms with Crippen molar-refractivity contribution in [1.82, 2.24) is 9.62 Å². The van der Waals surface area contributed by atoms with Crippen LogP contribution in [0.4, 0.5) is 0 Å². The molecule has 1 aromatic carbocycles. The molecule has 0 aliphatic carbocycles. The van der Waals surface area contributed by atoms with Gasteiger partial charge in [0.1, 0.15) is 0 Å². The van der Waals surface area contributed by atoms with Crippen LogP contribution in [0, 0.1) is 0 Å². The maximum absolute atomic E-state index is 12.2. The highest BCUT2D eigenvalue weighted by atomic mass is 35.5. The van der Waals surface area contributed by atoms with Gasteiger partial charge in [-0.05, 0) is 25.1 Å². The number of amides is 1. The topological polar surface area (TPSA) is 102 Å². The Hall–Kier alpha value is -1.68. The Morgan fingerprint density at radius 2 is 1.96 bits per heavy atom. The van der Waals surface area contributed by atoms with Crippen LogP contribution in [0.1, 0.15) is 17.3 Å². The molecule has 25 heavy (non-hydrogen) atoms. The summed E-state index contributed by atoms with van der Waals surface area (Å²) in [7, 11) is 0.496. The van der Waals surface area contributed by atoms with Crippen LogP contribution in [0.5, 0.6) is 0 Å². The second-order valence-corrected chi connectivity index (χ2v) is 7.82. The fourth-order valence-corrected chi connectivity index (χ4v) is 2.85. The molecule has 1 atom stereocenters. The number of nitrogens with zero attached hydrogens (tertiary/aromatic N) is 1. The molecule has 0 fully saturated rings. The molecule has 8 nitrogen and oxygen atoms in total. The smallest absolute Gasteiger partial charge is 0.340 e. The van der Waals surface area contributed by atoms with Crippen LogP contribution in [0.2, 0.25) is 5.02 Å². The maximum Gasteiger partial charge on any atom is 0.340 e. The number of hydrogen-bond donors (Lipinski definition) is 1. The third-order valence-corrected chi connectivity index (χ3v) is 5.34. The van der Waals surface area contributed by atoms with Gasteiger partial charge in [-0.1, -0.05) is 11.6 Å². The summed E-state index contributed by atoms with van der Waals surface area (Å²) in [6.07, 6.45) is -1.07. The summed E-state index contributed by atoms with van der Waals surface area (Å²) >= 11 is 5.96. The van der Waals surface area contributed by atoms with E-state index >= 15 is 0 Å². The van der Waals surface area contributed by atoms with Crippen LogP contribution in [0.15, 0.2) is 23.1 Å². The first-order valence-corrected chi connectivity index (χ1v) is 9.12. The summed E-state index contributed by atoms with van der Waals surface area (Å²) < 4.78 is 35.2. The molecule has 0 saturated carbocycles. The lowest BCUT2D eigenvalue weighted by atomic mass is 10.2. The van der Waals surface area contributed by atoms with Crippen molar-refractivity contribution in [3.05, 3.63) is 28.8 Å². The number of ether oxygens (including phenoxy) is 2. The van der Waals surface area contributed by atoms with Crippen molar-refractivity contribution in [2.24, 2.45) is 0 Å². The second-order valence-electron chi connectivity index (χ2n) is 5.26. The Labute approximate surface area is 152 Å². The lowest BCUT2D eigenvalue weighted by molar-refractivity contribution is -0.129. The molecule has 0 heterocycles. The minimum Gasteiger partial charge on any atom is -0.449 e. The van der Waals surface area contributed by atoms with Gasteiger partial charge in [0.2, 0.25) is 10.0 Å². The molecule has 1 amide bonds. The zero-order chi connectivity index (χ0) is 19.2. The Balaban J connectivity index is 2.93. The van der Waals surface area contributed by atoms with E-state index in [1.807, 2.05) is 0 Å². The number of nitrogens with one attached hydrogen (secondary N) is 1. The van der Waals surface area contributed by atoms with Gasteiger partial charge in [-0.15, -0.1) is 0 Å². The van der Waals surface area contributed by atoms with E-state index in [0.29, 0.717) is 6.61 Å². The van der Waals surface area contributed by atoms with E-state index in [1.54, 1.807) is 0 Å². The molecule has 0 aliphatic rings. The summed E-state index contributed by atoms with van der Waals surface area (Å²) in [6.45, 7) is 1.99. The maximum atomic E-state index is 12.2. The van der Waals surface area contributed by atoms with Crippen molar-refractivity contribution in [3.8, 4) is 0 Å². The number of rotatable bonds is 8. The Kier molecular flexibility index (Phi) is 7.81. The third-order valence-electron chi connectivity index (χ3n) is 3.19. The summed E-state index contributed by atoms with van der Waals surface area (Å²) in [5.41, 5.74) is -0.138. The number of carbonyl (C=O) groups is 2. The zero-order valence-electron chi connectivity index (χ0n) is 14.4. The van der Waals surface area contributed by atoms with E-state index in [4.69, 9.17) is 21.1 Å². The van der Waals surface area contributed by atoms with Gasteiger partial charge >= 0.3 is 5.97 Å².